The van der Waals surface area contributed by atoms with Crippen LogP contribution in [0.2, 0.25) is 0 Å². The summed E-state index contributed by atoms with van der Waals surface area (Å²) in [4.78, 5) is 28.4. The first-order valence-corrected chi connectivity index (χ1v) is 11.0. The Morgan fingerprint density at radius 2 is 1.76 bits per heavy atom. The van der Waals surface area contributed by atoms with Crippen LogP contribution in [0.25, 0.3) is 11.3 Å². The fourth-order valence-electron chi connectivity index (χ4n) is 4.15. The van der Waals surface area contributed by atoms with Crippen molar-refractivity contribution in [1.29, 1.82) is 0 Å². The fraction of sp³-hybridized carbons (Fsp3) is 0.292. The van der Waals surface area contributed by atoms with Gasteiger partial charge in [-0.15, -0.1) is 0 Å². The second-order valence-corrected chi connectivity index (χ2v) is 8.53. The van der Waals surface area contributed by atoms with Gasteiger partial charge in [0.1, 0.15) is 11.6 Å². The molecule has 4 heterocycles. The number of likely N-dealkylation sites (N-methyl/N-ethyl adjacent to an activating group) is 1. The molecular formula is C24H26FN7O. The van der Waals surface area contributed by atoms with E-state index in [-0.39, 0.29) is 17.7 Å². The van der Waals surface area contributed by atoms with Crippen molar-refractivity contribution in [3.63, 3.8) is 0 Å². The Bertz CT molecular complexity index is 1180. The second kappa shape index (κ2) is 8.67. The van der Waals surface area contributed by atoms with Crippen molar-refractivity contribution in [2.75, 3.05) is 49.2 Å². The number of anilines is 3. The van der Waals surface area contributed by atoms with Crippen LogP contribution >= 0.6 is 0 Å². The van der Waals surface area contributed by atoms with Crippen LogP contribution in [0.5, 0.6) is 0 Å². The van der Waals surface area contributed by atoms with Crippen LogP contribution in [-0.2, 0) is 13.1 Å². The van der Waals surface area contributed by atoms with Crippen LogP contribution in [0.1, 0.15) is 11.1 Å². The molecule has 2 amide bonds. The van der Waals surface area contributed by atoms with Crippen molar-refractivity contribution in [1.82, 2.24) is 19.8 Å². The lowest BCUT2D eigenvalue weighted by Gasteiger charge is -2.33. The Morgan fingerprint density at radius 1 is 1.03 bits per heavy atom. The molecular weight excluding hydrogens is 421 g/mol. The van der Waals surface area contributed by atoms with Gasteiger partial charge in [0, 0.05) is 51.0 Å². The number of rotatable bonds is 3. The van der Waals surface area contributed by atoms with Gasteiger partial charge in [-0.3, -0.25) is 5.32 Å². The minimum Gasteiger partial charge on any atom is -0.396 e. The molecule has 2 aromatic heterocycles. The van der Waals surface area contributed by atoms with Crippen LogP contribution in [0.3, 0.4) is 0 Å². The zero-order valence-electron chi connectivity index (χ0n) is 18.5. The normalized spacial score (nSPS) is 16.1. The molecule has 2 aliphatic heterocycles. The highest BCUT2D eigenvalue weighted by Crippen LogP contribution is 2.28. The SMILES string of the molecule is CN1CCN(c2cc3c(cn2)CN(C(=O)Nc2nc(-c4ccc(F)cc4)ccc2N)C3)CC1. The van der Waals surface area contributed by atoms with Crippen molar-refractivity contribution in [3.8, 4) is 11.3 Å². The number of nitrogen functional groups attached to an aromatic ring is 1. The topological polar surface area (TPSA) is 90.6 Å². The van der Waals surface area contributed by atoms with Gasteiger partial charge >= 0.3 is 6.03 Å². The molecule has 0 spiro atoms. The van der Waals surface area contributed by atoms with Crippen molar-refractivity contribution in [3.05, 3.63) is 65.6 Å². The lowest BCUT2D eigenvalue weighted by Crippen LogP contribution is -2.44. The number of nitrogens with zero attached hydrogens (tertiary/aromatic N) is 5. The summed E-state index contributed by atoms with van der Waals surface area (Å²) in [5.74, 6) is 0.928. The number of aromatic nitrogens is 2. The zero-order chi connectivity index (χ0) is 22.9. The van der Waals surface area contributed by atoms with Crippen molar-refractivity contribution >= 4 is 23.4 Å². The standard InChI is InChI=1S/C24H26FN7O/c1-30-8-10-31(11-9-30)22-12-17-14-32(15-18(17)13-27-22)24(33)29-23-20(26)6-7-21(28-23)16-2-4-19(25)5-3-16/h2-7,12-13H,8-11,14-15,26H2,1H3,(H,28,29,33). The molecule has 170 valence electrons. The van der Waals surface area contributed by atoms with E-state index in [0.29, 0.717) is 24.5 Å². The quantitative estimate of drug-likeness (QED) is 0.641. The van der Waals surface area contributed by atoms with E-state index in [2.05, 4.69) is 38.2 Å². The van der Waals surface area contributed by atoms with Gasteiger partial charge in [-0.2, -0.15) is 0 Å². The predicted molar refractivity (Wildman–Crippen MR) is 126 cm³/mol. The average Bonchev–Trinajstić information content (AvgIpc) is 3.25. The number of nitrogens with two attached hydrogens (primary N) is 1. The van der Waals surface area contributed by atoms with E-state index >= 15 is 0 Å². The molecule has 8 nitrogen and oxygen atoms in total. The minimum atomic E-state index is -0.318. The Morgan fingerprint density at radius 3 is 2.52 bits per heavy atom. The first-order valence-electron chi connectivity index (χ1n) is 11.0. The third-order valence-electron chi connectivity index (χ3n) is 6.20. The Balaban J connectivity index is 1.28. The number of carbonyl (C=O) groups is 1. The Kier molecular flexibility index (Phi) is 5.55. The van der Waals surface area contributed by atoms with E-state index in [1.165, 1.54) is 12.1 Å². The first-order chi connectivity index (χ1) is 16.0. The lowest BCUT2D eigenvalue weighted by atomic mass is 10.1. The minimum absolute atomic E-state index is 0.275. The number of amides is 2. The molecule has 5 rings (SSSR count). The lowest BCUT2D eigenvalue weighted by molar-refractivity contribution is 0.212. The highest BCUT2D eigenvalue weighted by Gasteiger charge is 2.26. The number of carbonyl (C=O) groups excluding carboxylic acids is 1. The summed E-state index contributed by atoms with van der Waals surface area (Å²) in [6.07, 6.45) is 1.87. The summed E-state index contributed by atoms with van der Waals surface area (Å²) in [5, 5.41) is 2.83. The molecule has 9 heteroatoms. The van der Waals surface area contributed by atoms with E-state index in [9.17, 15) is 9.18 Å². The number of pyridine rings is 2. The molecule has 0 bridgehead atoms. The molecule has 1 aromatic carbocycles. The molecule has 1 fully saturated rings. The number of fused-ring (bicyclic) bond motifs is 1. The summed E-state index contributed by atoms with van der Waals surface area (Å²) in [7, 11) is 2.13. The van der Waals surface area contributed by atoms with Gasteiger partial charge < -0.3 is 20.4 Å². The summed E-state index contributed by atoms with van der Waals surface area (Å²) in [6, 6.07) is 11.3. The summed E-state index contributed by atoms with van der Waals surface area (Å²) in [6.45, 7) is 4.90. The van der Waals surface area contributed by atoms with Gasteiger partial charge in [0.05, 0.1) is 11.4 Å². The van der Waals surface area contributed by atoms with E-state index in [0.717, 1.165) is 48.7 Å². The number of urea groups is 1. The third kappa shape index (κ3) is 4.45. The molecule has 3 N–H and O–H groups in total. The van der Waals surface area contributed by atoms with Crippen LogP contribution in [0, 0.1) is 5.82 Å². The van der Waals surface area contributed by atoms with Gasteiger partial charge in [0.2, 0.25) is 0 Å². The zero-order valence-corrected chi connectivity index (χ0v) is 18.5. The molecule has 0 aliphatic carbocycles. The first kappa shape index (κ1) is 21.1. The van der Waals surface area contributed by atoms with Gasteiger partial charge in [0.15, 0.2) is 5.82 Å². The van der Waals surface area contributed by atoms with Crippen LogP contribution in [0.15, 0.2) is 48.7 Å². The van der Waals surface area contributed by atoms with Gasteiger partial charge in [-0.25, -0.2) is 19.2 Å². The largest absolute Gasteiger partial charge is 0.396 e. The van der Waals surface area contributed by atoms with Crippen LogP contribution in [0.4, 0.5) is 26.5 Å². The number of hydrogen-bond donors (Lipinski definition) is 2. The number of piperazine rings is 1. The highest BCUT2D eigenvalue weighted by atomic mass is 19.1. The highest BCUT2D eigenvalue weighted by molar-refractivity contribution is 5.92. The smallest absolute Gasteiger partial charge is 0.323 e. The van der Waals surface area contributed by atoms with Gasteiger partial charge in [-0.05, 0) is 60.6 Å². The van der Waals surface area contributed by atoms with E-state index in [4.69, 9.17) is 5.73 Å². The summed E-state index contributed by atoms with van der Waals surface area (Å²) in [5.41, 5.74) is 9.92. The van der Waals surface area contributed by atoms with Crippen LogP contribution < -0.4 is 16.0 Å². The molecule has 0 saturated carbocycles. The van der Waals surface area contributed by atoms with Gasteiger partial charge in [-0.1, -0.05) is 0 Å². The third-order valence-corrected chi connectivity index (χ3v) is 6.20. The molecule has 0 atom stereocenters. The van der Waals surface area contributed by atoms with E-state index < -0.39 is 0 Å². The van der Waals surface area contributed by atoms with E-state index in [1.54, 1.807) is 29.2 Å². The molecule has 3 aromatic rings. The van der Waals surface area contributed by atoms with Crippen LogP contribution in [-0.4, -0.2) is 59.0 Å². The molecule has 0 unspecified atom stereocenters. The molecule has 33 heavy (non-hydrogen) atoms. The van der Waals surface area contributed by atoms with Crippen molar-refractivity contribution in [2.45, 2.75) is 13.1 Å². The number of hydrogen-bond acceptors (Lipinski definition) is 6. The van der Waals surface area contributed by atoms with Crippen molar-refractivity contribution in [2.24, 2.45) is 0 Å². The Hall–Kier alpha value is -3.72. The maximum atomic E-state index is 13.2. The Labute approximate surface area is 191 Å². The molecule has 2 aliphatic rings. The maximum Gasteiger partial charge on any atom is 0.323 e. The molecule has 0 radical (unpaired) electrons. The maximum absolute atomic E-state index is 13.2. The summed E-state index contributed by atoms with van der Waals surface area (Å²) >= 11 is 0. The number of nitrogens with one attached hydrogen (secondary N) is 1. The van der Waals surface area contributed by atoms with Crippen molar-refractivity contribution < 1.29 is 9.18 Å². The van der Waals surface area contributed by atoms with E-state index in [1.807, 2.05) is 6.20 Å². The number of benzene rings is 1. The summed E-state index contributed by atoms with van der Waals surface area (Å²) < 4.78 is 13.2. The average molecular weight is 448 g/mol. The monoisotopic (exact) mass is 447 g/mol. The predicted octanol–water partition coefficient (Wildman–Crippen LogP) is 3.16. The molecule has 1 saturated heterocycles. The van der Waals surface area contributed by atoms with Gasteiger partial charge in [0.25, 0.3) is 0 Å². The number of halogens is 1. The second-order valence-electron chi connectivity index (χ2n) is 8.53. The fourth-order valence-corrected chi connectivity index (χ4v) is 4.15.